The summed E-state index contributed by atoms with van der Waals surface area (Å²) < 4.78 is 13.1. The number of hydrogen-bond donors (Lipinski definition) is 0. The summed E-state index contributed by atoms with van der Waals surface area (Å²) >= 11 is 1.31. The maximum absolute atomic E-state index is 13.1. The molecule has 0 amide bonds. The van der Waals surface area contributed by atoms with Gasteiger partial charge in [0.1, 0.15) is 11.9 Å². The molecule has 0 N–H and O–H groups in total. The van der Waals surface area contributed by atoms with E-state index in [2.05, 4.69) is 0 Å². The summed E-state index contributed by atoms with van der Waals surface area (Å²) in [5.74, 6) is -0.302. The molecule has 0 spiro atoms. The number of nitriles is 1. The summed E-state index contributed by atoms with van der Waals surface area (Å²) in [6, 6.07) is 8.37. The smallest absolute Gasteiger partial charge is 0.130 e. The van der Waals surface area contributed by atoms with Crippen LogP contribution < -0.4 is 0 Å². The third-order valence-corrected chi connectivity index (χ3v) is 2.17. The normalized spacial score (nSPS) is 11.0. The standard InChI is InChI=1S/C10H8FNS/c1-13-9(7-12)6-8-4-2-3-5-10(8)11/h2-6H,1H3. The number of rotatable bonds is 2. The Balaban J connectivity index is 3.04. The molecule has 0 radical (unpaired) electrons. The molecule has 0 aromatic heterocycles. The van der Waals surface area contributed by atoms with Gasteiger partial charge in [0.25, 0.3) is 0 Å². The molecule has 0 unspecified atom stereocenters. The molecule has 0 fully saturated rings. The van der Waals surface area contributed by atoms with E-state index in [9.17, 15) is 4.39 Å². The first-order chi connectivity index (χ1) is 6.27. The lowest BCUT2D eigenvalue weighted by atomic mass is 10.2. The summed E-state index contributed by atoms with van der Waals surface area (Å²) in [6.07, 6.45) is 3.33. The minimum Gasteiger partial charge on any atom is -0.206 e. The maximum atomic E-state index is 13.1. The highest BCUT2D eigenvalue weighted by Gasteiger charge is 1.98. The van der Waals surface area contributed by atoms with Crippen LogP contribution in [-0.4, -0.2) is 6.26 Å². The number of benzene rings is 1. The van der Waals surface area contributed by atoms with E-state index in [1.807, 2.05) is 6.07 Å². The predicted octanol–water partition coefficient (Wildman–Crippen LogP) is 3.05. The highest BCUT2D eigenvalue weighted by atomic mass is 32.2. The van der Waals surface area contributed by atoms with Crippen LogP contribution in [0.3, 0.4) is 0 Å². The van der Waals surface area contributed by atoms with E-state index in [4.69, 9.17) is 5.26 Å². The fraction of sp³-hybridized carbons (Fsp3) is 0.100. The van der Waals surface area contributed by atoms with Crippen LogP contribution in [0.5, 0.6) is 0 Å². The summed E-state index contributed by atoms with van der Waals surface area (Å²) in [7, 11) is 0. The lowest BCUT2D eigenvalue weighted by Crippen LogP contribution is -1.80. The van der Waals surface area contributed by atoms with Crippen molar-refractivity contribution in [3.05, 3.63) is 40.6 Å². The number of halogens is 1. The highest BCUT2D eigenvalue weighted by Crippen LogP contribution is 2.17. The predicted molar refractivity (Wildman–Crippen MR) is 53.5 cm³/mol. The first kappa shape index (κ1) is 9.82. The molecular weight excluding hydrogens is 185 g/mol. The van der Waals surface area contributed by atoms with Gasteiger partial charge in [-0.25, -0.2) is 4.39 Å². The largest absolute Gasteiger partial charge is 0.206 e. The molecule has 13 heavy (non-hydrogen) atoms. The third kappa shape index (κ3) is 2.60. The van der Waals surface area contributed by atoms with E-state index in [1.165, 1.54) is 17.8 Å². The quantitative estimate of drug-likeness (QED) is 0.674. The van der Waals surface area contributed by atoms with Crippen molar-refractivity contribution < 1.29 is 4.39 Å². The zero-order valence-electron chi connectivity index (χ0n) is 7.12. The van der Waals surface area contributed by atoms with Gasteiger partial charge in [0.2, 0.25) is 0 Å². The number of allylic oxidation sites excluding steroid dienone is 1. The van der Waals surface area contributed by atoms with Crippen molar-refractivity contribution in [1.82, 2.24) is 0 Å². The van der Waals surface area contributed by atoms with Crippen molar-refractivity contribution in [3.63, 3.8) is 0 Å². The zero-order valence-corrected chi connectivity index (χ0v) is 7.94. The lowest BCUT2D eigenvalue weighted by molar-refractivity contribution is 0.625. The molecule has 0 aliphatic rings. The van der Waals surface area contributed by atoms with Crippen molar-refractivity contribution in [1.29, 1.82) is 5.26 Å². The summed E-state index contributed by atoms with van der Waals surface area (Å²) in [6.45, 7) is 0. The van der Waals surface area contributed by atoms with E-state index < -0.39 is 0 Å². The minimum atomic E-state index is -0.302. The number of hydrogen-bond acceptors (Lipinski definition) is 2. The van der Waals surface area contributed by atoms with Gasteiger partial charge in [-0.1, -0.05) is 18.2 Å². The van der Waals surface area contributed by atoms with Crippen molar-refractivity contribution in [2.24, 2.45) is 0 Å². The monoisotopic (exact) mass is 193 g/mol. The molecule has 0 saturated heterocycles. The molecule has 0 heterocycles. The average Bonchev–Trinajstić information content (AvgIpc) is 2.17. The molecule has 1 aromatic carbocycles. The molecule has 0 aliphatic carbocycles. The molecule has 0 saturated carbocycles. The molecule has 1 aromatic rings. The van der Waals surface area contributed by atoms with E-state index in [0.717, 1.165) is 0 Å². The van der Waals surface area contributed by atoms with Crippen LogP contribution in [-0.2, 0) is 0 Å². The molecule has 66 valence electrons. The maximum Gasteiger partial charge on any atom is 0.130 e. The molecule has 1 rings (SSSR count). The van der Waals surface area contributed by atoms with Gasteiger partial charge in [-0.05, 0) is 18.4 Å². The van der Waals surface area contributed by atoms with Crippen molar-refractivity contribution in [3.8, 4) is 6.07 Å². The van der Waals surface area contributed by atoms with Gasteiger partial charge in [0, 0.05) is 5.56 Å². The van der Waals surface area contributed by atoms with E-state index in [-0.39, 0.29) is 5.82 Å². The summed E-state index contributed by atoms with van der Waals surface area (Å²) in [5, 5.41) is 8.62. The molecule has 0 atom stereocenters. The van der Waals surface area contributed by atoms with Crippen LogP contribution in [0, 0.1) is 17.1 Å². The molecular formula is C10H8FNS. The van der Waals surface area contributed by atoms with Crippen LogP contribution in [0.1, 0.15) is 5.56 Å². The van der Waals surface area contributed by atoms with Crippen LogP contribution in [0.2, 0.25) is 0 Å². The topological polar surface area (TPSA) is 23.8 Å². The zero-order chi connectivity index (χ0) is 9.68. The molecule has 0 aliphatic heterocycles. The summed E-state index contributed by atoms with van der Waals surface area (Å²) in [5.41, 5.74) is 0.452. The van der Waals surface area contributed by atoms with Gasteiger partial charge >= 0.3 is 0 Å². The minimum absolute atomic E-state index is 0.302. The van der Waals surface area contributed by atoms with Crippen LogP contribution in [0.25, 0.3) is 6.08 Å². The third-order valence-electron chi connectivity index (χ3n) is 1.52. The Kier molecular flexibility index (Phi) is 3.53. The Hall–Kier alpha value is -1.27. The van der Waals surface area contributed by atoms with Crippen molar-refractivity contribution >= 4 is 17.8 Å². The fourth-order valence-electron chi connectivity index (χ4n) is 0.870. The lowest BCUT2D eigenvalue weighted by Gasteiger charge is -1.96. The van der Waals surface area contributed by atoms with E-state index >= 15 is 0 Å². The molecule has 1 nitrogen and oxygen atoms in total. The van der Waals surface area contributed by atoms with Gasteiger partial charge in [0.05, 0.1) is 4.91 Å². The Bertz CT molecular complexity index is 365. The second-order valence-corrected chi connectivity index (χ2v) is 3.19. The van der Waals surface area contributed by atoms with E-state index in [1.54, 1.807) is 30.5 Å². The first-order valence-electron chi connectivity index (χ1n) is 3.68. The Labute approximate surface area is 80.9 Å². The average molecular weight is 193 g/mol. The first-order valence-corrected chi connectivity index (χ1v) is 4.90. The molecule has 0 bridgehead atoms. The second kappa shape index (κ2) is 4.68. The van der Waals surface area contributed by atoms with Gasteiger partial charge in [0.15, 0.2) is 0 Å². The van der Waals surface area contributed by atoms with Crippen LogP contribution in [0.4, 0.5) is 4.39 Å². The van der Waals surface area contributed by atoms with Crippen molar-refractivity contribution in [2.75, 3.05) is 6.26 Å². The van der Waals surface area contributed by atoms with Crippen LogP contribution >= 0.6 is 11.8 Å². The Morgan fingerprint density at radius 2 is 2.23 bits per heavy atom. The highest BCUT2D eigenvalue weighted by molar-refractivity contribution is 8.02. The van der Waals surface area contributed by atoms with E-state index in [0.29, 0.717) is 10.5 Å². The Morgan fingerprint density at radius 1 is 1.54 bits per heavy atom. The van der Waals surface area contributed by atoms with Gasteiger partial charge in [-0.2, -0.15) is 5.26 Å². The van der Waals surface area contributed by atoms with Gasteiger partial charge in [-0.3, -0.25) is 0 Å². The SMILES string of the molecule is CSC(C#N)=Cc1ccccc1F. The van der Waals surface area contributed by atoms with Gasteiger partial charge in [-0.15, -0.1) is 11.8 Å². The molecule has 3 heteroatoms. The summed E-state index contributed by atoms with van der Waals surface area (Å²) in [4.78, 5) is 0.505. The van der Waals surface area contributed by atoms with Crippen molar-refractivity contribution in [2.45, 2.75) is 0 Å². The number of nitrogens with zero attached hydrogens (tertiary/aromatic N) is 1. The second-order valence-electron chi connectivity index (χ2n) is 2.35. The van der Waals surface area contributed by atoms with Crippen LogP contribution in [0.15, 0.2) is 29.2 Å². The Morgan fingerprint density at radius 3 is 2.77 bits per heavy atom. The van der Waals surface area contributed by atoms with Gasteiger partial charge < -0.3 is 0 Å². The fourth-order valence-corrected chi connectivity index (χ4v) is 1.21. The number of thioether (sulfide) groups is 1.